The topological polar surface area (TPSA) is 73.2 Å². The van der Waals surface area contributed by atoms with Crippen LogP contribution in [-0.2, 0) is 22.6 Å². The van der Waals surface area contributed by atoms with Crippen molar-refractivity contribution in [3.8, 4) is 11.5 Å². The van der Waals surface area contributed by atoms with Crippen molar-refractivity contribution in [3.05, 3.63) is 84.6 Å². The summed E-state index contributed by atoms with van der Waals surface area (Å²) in [6.45, 7) is 0.179. The average Bonchev–Trinajstić information content (AvgIpc) is 3.13. The van der Waals surface area contributed by atoms with E-state index in [2.05, 4.69) is 10.4 Å². The van der Waals surface area contributed by atoms with E-state index in [1.165, 1.54) is 0 Å². The minimum Gasteiger partial charge on any atom is -0.457 e. The summed E-state index contributed by atoms with van der Waals surface area (Å²) in [5, 5.41) is 7.98. The lowest BCUT2D eigenvalue weighted by molar-refractivity contribution is -0.115. The Balaban J connectivity index is 1.40. The number of carbonyl (C=O) groups excluding carboxylic acids is 2. The fraction of sp³-hybridized carbons (Fsp3) is 0.0870. The molecule has 4 aromatic rings. The fourth-order valence-corrected chi connectivity index (χ4v) is 3.05. The van der Waals surface area contributed by atoms with Crippen molar-refractivity contribution in [2.75, 3.05) is 5.32 Å². The van der Waals surface area contributed by atoms with E-state index >= 15 is 0 Å². The summed E-state index contributed by atoms with van der Waals surface area (Å²) in [4.78, 5) is 23.2. The van der Waals surface area contributed by atoms with Crippen LogP contribution in [0.2, 0.25) is 0 Å². The average molecular weight is 385 g/mol. The summed E-state index contributed by atoms with van der Waals surface area (Å²) in [6, 6.07) is 22.5. The highest BCUT2D eigenvalue weighted by Crippen LogP contribution is 2.22. The lowest BCUT2D eigenvalue weighted by atomic mass is 10.1. The first kappa shape index (κ1) is 18.4. The van der Waals surface area contributed by atoms with E-state index in [1.54, 1.807) is 10.9 Å². The molecule has 6 nitrogen and oxygen atoms in total. The number of carbonyl (C=O) groups is 2. The predicted molar refractivity (Wildman–Crippen MR) is 111 cm³/mol. The van der Waals surface area contributed by atoms with Crippen LogP contribution in [0.5, 0.6) is 11.5 Å². The van der Waals surface area contributed by atoms with Crippen LogP contribution in [0.1, 0.15) is 5.56 Å². The van der Waals surface area contributed by atoms with E-state index in [0.29, 0.717) is 11.4 Å². The molecule has 4 rings (SSSR count). The van der Waals surface area contributed by atoms with Crippen molar-refractivity contribution >= 4 is 28.8 Å². The molecule has 0 aliphatic rings. The number of anilines is 1. The van der Waals surface area contributed by atoms with Crippen LogP contribution < -0.4 is 10.1 Å². The largest absolute Gasteiger partial charge is 0.457 e. The van der Waals surface area contributed by atoms with Gasteiger partial charge in [-0.25, -0.2) is 0 Å². The van der Waals surface area contributed by atoms with Gasteiger partial charge in [-0.2, -0.15) is 5.10 Å². The van der Waals surface area contributed by atoms with Gasteiger partial charge >= 0.3 is 0 Å². The SMILES string of the molecule is O=CCn1ncc2ccc(NC(=O)Cc3ccc(Oc4ccccc4)cc3)cc21. The number of aldehydes is 1. The van der Waals surface area contributed by atoms with Gasteiger partial charge < -0.3 is 14.8 Å². The van der Waals surface area contributed by atoms with Crippen molar-refractivity contribution in [2.24, 2.45) is 0 Å². The molecule has 1 aromatic heterocycles. The number of hydrogen-bond donors (Lipinski definition) is 1. The molecule has 0 atom stereocenters. The van der Waals surface area contributed by atoms with Gasteiger partial charge in [0.25, 0.3) is 0 Å². The first-order chi connectivity index (χ1) is 14.2. The molecule has 0 bridgehead atoms. The molecule has 0 spiro atoms. The number of para-hydroxylation sites is 1. The monoisotopic (exact) mass is 385 g/mol. The Labute approximate surface area is 167 Å². The quantitative estimate of drug-likeness (QED) is 0.484. The molecule has 0 aliphatic heterocycles. The standard InChI is InChI=1S/C23H19N3O3/c27-13-12-26-22-15-19(9-8-18(22)16-24-26)25-23(28)14-17-6-10-21(11-7-17)29-20-4-2-1-3-5-20/h1-11,13,15-16H,12,14H2,(H,25,28). The molecule has 6 heteroatoms. The Bertz CT molecular complexity index is 1140. The minimum absolute atomic E-state index is 0.123. The summed E-state index contributed by atoms with van der Waals surface area (Å²) in [7, 11) is 0. The molecule has 0 radical (unpaired) electrons. The van der Waals surface area contributed by atoms with Gasteiger partial charge in [0.05, 0.1) is 24.7 Å². The Kier molecular flexibility index (Phi) is 5.33. The van der Waals surface area contributed by atoms with E-state index in [1.807, 2.05) is 72.8 Å². The minimum atomic E-state index is -0.123. The first-order valence-corrected chi connectivity index (χ1v) is 9.22. The molecule has 3 aromatic carbocycles. The van der Waals surface area contributed by atoms with Gasteiger partial charge in [0.1, 0.15) is 17.8 Å². The molecule has 0 fully saturated rings. The molecular formula is C23H19N3O3. The molecule has 0 saturated carbocycles. The van der Waals surface area contributed by atoms with Crippen LogP contribution >= 0.6 is 0 Å². The first-order valence-electron chi connectivity index (χ1n) is 9.22. The maximum atomic E-state index is 12.4. The second-order valence-electron chi connectivity index (χ2n) is 6.55. The number of fused-ring (bicyclic) bond motifs is 1. The molecule has 29 heavy (non-hydrogen) atoms. The van der Waals surface area contributed by atoms with Crippen molar-refractivity contribution in [3.63, 3.8) is 0 Å². The van der Waals surface area contributed by atoms with E-state index in [0.717, 1.165) is 28.5 Å². The van der Waals surface area contributed by atoms with Gasteiger partial charge in [0, 0.05) is 11.1 Å². The fourth-order valence-electron chi connectivity index (χ4n) is 3.05. The van der Waals surface area contributed by atoms with E-state index in [-0.39, 0.29) is 18.9 Å². The number of amides is 1. The molecule has 1 N–H and O–H groups in total. The molecular weight excluding hydrogens is 366 g/mol. The van der Waals surface area contributed by atoms with E-state index in [4.69, 9.17) is 4.74 Å². The van der Waals surface area contributed by atoms with Crippen LogP contribution in [0.4, 0.5) is 5.69 Å². The second-order valence-corrected chi connectivity index (χ2v) is 6.55. The zero-order valence-corrected chi connectivity index (χ0v) is 15.6. The number of rotatable bonds is 7. The Morgan fingerprint density at radius 1 is 1.00 bits per heavy atom. The van der Waals surface area contributed by atoms with Gasteiger partial charge in [-0.05, 0) is 48.0 Å². The summed E-state index contributed by atoms with van der Waals surface area (Å²) in [6.07, 6.45) is 2.74. The molecule has 0 unspecified atom stereocenters. The van der Waals surface area contributed by atoms with Crippen LogP contribution in [0.15, 0.2) is 79.0 Å². The van der Waals surface area contributed by atoms with E-state index in [9.17, 15) is 9.59 Å². The molecule has 144 valence electrons. The van der Waals surface area contributed by atoms with Crippen molar-refractivity contribution in [1.29, 1.82) is 0 Å². The lowest BCUT2D eigenvalue weighted by Crippen LogP contribution is -2.14. The maximum Gasteiger partial charge on any atom is 0.228 e. The number of aromatic nitrogens is 2. The van der Waals surface area contributed by atoms with Crippen molar-refractivity contribution in [1.82, 2.24) is 9.78 Å². The maximum absolute atomic E-state index is 12.4. The smallest absolute Gasteiger partial charge is 0.228 e. The van der Waals surface area contributed by atoms with Gasteiger partial charge in [-0.3, -0.25) is 9.48 Å². The van der Waals surface area contributed by atoms with Crippen LogP contribution in [0.3, 0.4) is 0 Å². The van der Waals surface area contributed by atoms with Crippen LogP contribution in [-0.4, -0.2) is 22.0 Å². The third kappa shape index (κ3) is 4.50. The number of hydrogen-bond acceptors (Lipinski definition) is 4. The number of nitrogens with zero attached hydrogens (tertiary/aromatic N) is 2. The third-order valence-corrected chi connectivity index (χ3v) is 4.44. The zero-order valence-electron chi connectivity index (χ0n) is 15.6. The lowest BCUT2D eigenvalue weighted by Gasteiger charge is -2.08. The Morgan fingerprint density at radius 2 is 1.76 bits per heavy atom. The molecule has 0 saturated heterocycles. The van der Waals surface area contributed by atoms with Crippen LogP contribution in [0, 0.1) is 0 Å². The number of ether oxygens (including phenoxy) is 1. The number of benzene rings is 3. The summed E-state index contributed by atoms with van der Waals surface area (Å²) in [5.74, 6) is 1.36. The molecule has 1 amide bonds. The van der Waals surface area contributed by atoms with Crippen molar-refractivity contribution in [2.45, 2.75) is 13.0 Å². The van der Waals surface area contributed by atoms with Crippen molar-refractivity contribution < 1.29 is 14.3 Å². The second kappa shape index (κ2) is 8.39. The number of nitrogens with one attached hydrogen (secondary N) is 1. The van der Waals surface area contributed by atoms with Gasteiger partial charge in [0.2, 0.25) is 5.91 Å². The Hall–Kier alpha value is -3.93. The zero-order chi connectivity index (χ0) is 20.1. The highest BCUT2D eigenvalue weighted by molar-refractivity contribution is 5.94. The van der Waals surface area contributed by atoms with Crippen LogP contribution in [0.25, 0.3) is 10.9 Å². The summed E-state index contributed by atoms with van der Waals surface area (Å²) in [5.41, 5.74) is 2.35. The molecule has 0 aliphatic carbocycles. The molecule has 1 heterocycles. The highest BCUT2D eigenvalue weighted by Gasteiger charge is 2.08. The summed E-state index contributed by atoms with van der Waals surface area (Å²) < 4.78 is 7.37. The highest BCUT2D eigenvalue weighted by atomic mass is 16.5. The van der Waals surface area contributed by atoms with Gasteiger partial charge in [-0.1, -0.05) is 30.3 Å². The van der Waals surface area contributed by atoms with E-state index < -0.39 is 0 Å². The van der Waals surface area contributed by atoms with Gasteiger partial charge in [-0.15, -0.1) is 0 Å². The normalized spacial score (nSPS) is 10.6. The Morgan fingerprint density at radius 3 is 2.52 bits per heavy atom. The summed E-state index contributed by atoms with van der Waals surface area (Å²) >= 11 is 0. The third-order valence-electron chi connectivity index (χ3n) is 4.44. The van der Waals surface area contributed by atoms with Gasteiger partial charge in [0.15, 0.2) is 0 Å². The predicted octanol–water partition coefficient (Wildman–Crippen LogP) is 4.21.